The van der Waals surface area contributed by atoms with Gasteiger partial charge in [0, 0.05) is 0 Å². The van der Waals surface area contributed by atoms with Crippen LogP contribution >= 0.6 is 0 Å². The molecular formula is C17H33NO2. The number of likely N-dealkylation sites (tertiary alicyclic amines) is 1. The topological polar surface area (TPSA) is 40.5 Å². The summed E-state index contributed by atoms with van der Waals surface area (Å²) >= 11 is 0. The lowest BCUT2D eigenvalue weighted by molar-refractivity contribution is -0.145. The van der Waals surface area contributed by atoms with Crippen LogP contribution in [0.25, 0.3) is 0 Å². The smallest absolute Gasteiger partial charge is 0.320 e. The maximum absolute atomic E-state index is 11.4. The monoisotopic (exact) mass is 283 g/mol. The van der Waals surface area contributed by atoms with Crippen LogP contribution in [-0.4, -0.2) is 35.1 Å². The quantitative estimate of drug-likeness (QED) is 0.607. The Morgan fingerprint density at radius 1 is 1.10 bits per heavy atom. The van der Waals surface area contributed by atoms with Gasteiger partial charge in [-0.1, -0.05) is 58.8 Å². The minimum Gasteiger partial charge on any atom is -0.480 e. The standard InChI is InChI=1S/C17H33NO2/c1-3-5-6-7-8-9-10-12-18-13-11-15(4-2)14-16(18)17(19)20/h15-16H,3-14H2,1-2H3,(H,19,20). The molecule has 0 aromatic heterocycles. The molecule has 3 nitrogen and oxygen atoms in total. The molecule has 0 bridgehead atoms. The molecule has 0 aromatic carbocycles. The van der Waals surface area contributed by atoms with Crippen molar-refractivity contribution >= 4 is 5.97 Å². The maximum atomic E-state index is 11.4. The van der Waals surface area contributed by atoms with E-state index in [2.05, 4.69) is 18.7 Å². The summed E-state index contributed by atoms with van der Waals surface area (Å²) in [5, 5.41) is 9.38. The molecule has 2 unspecified atom stereocenters. The molecule has 1 saturated heterocycles. The normalized spacial score (nSPS) is 23.9. The highest BCUT2D eigenvalue weighted by Crippen LogP contribution is 2.26. The van der Waals surface area contributed by atoms with E-state index in [0.29, 0.717) is 5.92 Å². The number of piperidine rings is 1. The predicted molar refractivity (Wildman–Crippen MR) is 84.0 cm³/mol. The summed E-state index contributed by atoms with van der Waals surface area (Å²) in [6.07, 6.45) is 12.2. The van der Waals surface area contributed by atoms with Gasteiger partial charge < -0.3 is 5.11 Å². The number of unbranched alkanes of at least 4 members (excludes halogenated alkanes) is 6. The van der Waals surface area contributed by atoms with Gasteiger partial charge in [-0.2, -0.15) is 0 Å². The Hall–Kier alpha value is -0.570. The Labute approximate surface area is 124 Å². The highest BCUT2D eigenvalue weighted by atomic mass is 16.4. The van der Waals surface area contributed by atoms with Gasteiger partial charge in [0.1, 0.15) is 6.04 Å². The second-order valence-electron chi connectivity index (χ2n) is 6.31. The molecule has 0 amide bonds. The maximum Gasteiger partial charge on any atom is 0.320 e. The van der Waals surface area contributed by atoms with Gasteiger partial charge in [-0.05, 0) is 38.3 Å². The van der Waals surface area contributed by atoms with E-state index in [4.69, 9.17) is 0 Å². The second-order valence-corrected chi connectivity index (χ2v) is 6.31. The lowest BCUT2D eigenvalue weighted by Gasteiger charge is -2.36. The molecule has 1 fully saturated rings. The first kappa shape index (κ1) is 17.5. The van der Waals surface area contributed by atoms with Gasteiger partial charge in [-0.15, -0.1) is 0 Å². The predicted octanol–water partition coefficient (Wildman–Crippen LogP) is 4.31. The average molecular weight is 283 g/mol. The zero-order valence-electron chi connectivity index (χ0n) is 13.4. The highest BCUT2D eigenvalue weighted by molar-refractivity contribution is 5.73. The third-order valence-corrected chi connectivity index (χ3v) is 4.73. The van der Waals surface area contributed by atoms with Crippen molar-refractivity contribution in [2.24, 2.45) is 5.92 Å². The van der Waals surface area contributed by atoms with Crippen LogP contribution in [0.5, 0.6) is 0 Å². The second kappa shape index (κ2) is 10.2. The number of hydrogen-bond acceptors (Lipinski definition) is 2. The summed E-state index contributed by atoms with van der Waals surface area (Å²) in [5.74, 6) is -0.00695. The number of hydrogen-bond donors (Lipinski definition) is 1. The van der Waals surface area contributed by atoms with E-state index in [-0.39, 0.29) is 6.04 Å². The first-order valence-electron chi connectivity index (χ1n) is 8.65. The molecule has 0 aromatic rings. The first-order valence-corrected chi connectivity index (χ1v) is 8.65. The van der Waals surface area contributed by atoms with Crippen LogP contribution in [0.15, 0.2) is 0 Å². The number of nitrogens with zero attached hydrogens (tertiary/aromatic N) is 1. The summed E-state index contributed by atoms with van der Waals surface area (Å²) < 4.78 is 0. The number of carboxylic acid groups (broad SMARTS) is 1. The minimum absolute atomic E-state index is 0.228. The Balaban J connectivity index is 2.19. The van der Waals surface area contributed by atoms with E-state index >= 15 is 0 Å². The lowest BCUT2D eigenvalue weighted by atomic mass is 9.88. The summed E-state index contributed by atoms with van der Waals surface area (Å²) in [7, 11) is 0. The molecule has 1 aliphatic rings. The van der Waals surface area contributed by atoms with E-state index < -0.39 is 5.97 Å². The Morgan fingerprint density at radius 3 is 2.35 bits per heavy atom. The third-order valence-electron chi connectivity index (χ3n) is 4.73. The van der Waals surface area contributed by atoms with E-state index in [0.717, 1.165) is 32.4 Å². The van der Waals surface area contributed by atoms with Crippen LogP contribution in [0.4, 0.5) is 0 Å². The van der Waals surface area contributed by atoms with Gasteiger partial charge in [0.15, 0.2) is 0 Å². The number of aliphatic carboxylic acids is 1. The SMILES string of the molecule is CCCCCCCCCN1CCC(CC)CC1C(=O)O. The van der Waals surface area contributed by atoms with Gasteiger partial charge in [0.25, 0.3) is 0 Å². The molecule has 0 radical (unpaired) electrons. The van der Waals surface area contributed by atoms with Gasteiger partial charge in [0.2, 0.25) is 0 Å². The minimum atomic E-state index is -0.619. The summed E-state index contributed by atoms with van der Waals surface area (Å²) in [4.78, 5) is 13.6. The lowest BCUT2D eigenvalue weighted by Crippen LogP contribution is -2.47. The van der Waals surface area contributed by atoms with E-state index in [1.807, 2.05) is 0 Å². The van der Waals surface area contributed by atoms with Gasteiger partial charge >= 0.3 is 5.97 Å². The molecule has 1 aliphatic heterocycles. The Morgan fingerprint density at radius 2 is 1.75 bits per heavy atom. The van der Waals surface area contributed by atoms with Crippen molar-refractivity contribution < 1.29 is 9.90 Å². The molecule has 2 atom stereocenters. The van der Waals surface area contributed by atoms with Crippen LogP contribution < -0.4 is 0 Å². The fourth-order valence-electron chi connectivity index (χ4n) is 3.25. The fourth-order valence-corrected chi connectivity index (χ4v) is 3.25. The van der Waals surface area contributed by atoms with Gasteiger partial charge in [-0.3, -0.25) is 9.69 Å². The average Bonchev–Trinajstić information content (AvgIpc) is 2.46. The Bertz CT molecular complexity index is 268. The van der Waals surface area contributed by atoms with E-state index in [1.54, 1.807) is 0 Å². The van der Waals surface area contributed by atoms with E-state index in [9.17, 15) is 9.90 Å². The van der Waals surface area contributed by atoms with E-state index in [1.165, 1.54) is 44.9 Å². The summed E-state index contributed by atoms with van der Waals surface area (Å²) in [6, 6.07) is -0.228. The van der Waals surface area contributed by atoms with Crippen LogP contribution in [0, 0.1) is 5.92 Å². The first-order chi connectivity index (χ1) is 9.69. The highest BCUT2D eigenvalue weighted by Gasteiger charge is 2.31. The number of carboxylic acids is 1. The summed E-state index contributed by atoms with van der Waals surface area (Å²) in [5.41, 5.74) is 0. The van der Waals surface area contributed by atoms with Crippen molar-refractivity contribution in [1.29, 1.82) is 0 Å². The molecule has 118 valence electrons. The van der Waals surface area contributed by atoms with Crippen molar-refractivity contribution in [3.63, 3.8) is 0 Å². The zero-order valence-corrected chi connectivity index (χ0v) is 13.4. The number of rotatable bonds is 10. The van der Waals surface area contributed by atoms with Crippen molar-refractivity contribution in [2.45, 2.75) is 84.1 Å². The molecule has 0 spiro atoms. The van der Waals surface area contributed by atoms with Crippen LogP contribution in [0.1, 0.15) is 78.1 Å². The summed E-state index contributed by atoms with van der Waals surface area (Å²) in [6.45, 7) is 6.37. The third kappa shape index (κ3) is 6.25. The van der Waals surface area contributed by atoms with Gasteiger partial charge in [0.05, 0.1) is 0 Å². The molecule has 0 aliphatic carbocycles. The van der Waals surface area contributed by atoms with Crippen LogP contribution in [0.3, 0.4) is 0 Å². The molecule has 20 heavy (non-hydrogen) atoms. The van der Waals surface area contributed by atoms with Crippen molar-refractivity contribution in [1.82, 2.24) is 4.90 Å². The van der Waals surface area contributed by atoms with Crippen LogP contribution in [-0.2, 0) is 4.79 Å². The largest absolute Gasteiger partial charge is 0.480 e. The molecule has 1 N–H and O–H groups in total. The van der Waals surface area contributed by atoms with Crippen LogP contribution in [0.2, 0.25) is 0 Å². The van der Waals surface area contributed by atoms with Gasteiger partial charge in [-0.25, -0.2) is 0 Å². The van der Waals surface area contributed by atoms with Crippen molar-refractivity contribution in [2.75, 3.05) is 13.1 Å². The van der Waals surface area contributed by atoms with Crippen molar-refractivity contribution in [3.8, 4) is 0 Å². The molecule has 1 rings (SSSR count). The van der Waals surface area contributed by atoms with Crippen molar-refractivity contribution in [3.05, 3.63) is 0 Å². The number of carbonyl (C=O) groups is 1. The molecule has 0 saturated carbocycles. The molecular weight excluding hydrogens is 250 g/mol. The Kier molecular flexibility index (Phi) is 8.92. The molecule has 1 heterocycles. The zero-order chi connectivity index (χ0) is 14.8. The fraction of sp³-hybridized carbons (Fsp3) is 0.941. The molecule has 3 heteroatoms.